The van der Waals surface area contributed by atoms with E-state index in [0.717, 1.165) is 26.2 Å². The normalized spacial score (nSPS) is 16.2. The van der Waals surface area contributed by atoms with Gasteiger partial charge in [-0.3, -0.25) is 14.5 Å². The number of carbonyl (C=O) groups is 2. The van der Waals surface area contributed by atoms with E-state index in [9.17, 15) is 9.59 Å². The van der Waals surface area contributed by atoms with E-state index in [1.54, 1.807) is 11.8 Å². The topological polar surface area (TPSA) is 61.9 Å². The Morgan fingerprint density at radius 1 is 1.30 bits per heavy atom. The maximum Gasteiger partial charge on any atom is 0.325 e. The van der Waals surface area contributed by atoms with Crippen LogP contribution < -0.4 is 5.32 Å². The number of piperazine rings is 1. The van der Waals surface area contributed by atoms with E-state index >= 15 is 0 Å². The zero-order valence-corrected chi connectivity index (χ0v) is 12.9. The number of carbonyl (C=O) groups excluding carboxylic acids is 2. The third-order valence-electron chi connectivity index (χ3n) is 3.13. The van der Waals surface area contributed by atoms with E-state index < -0.39 is 0 Å². The average Bonchev–Trinajstić information content (AvgIpc) is 2.39. The van der Waals surface area contributed by atoms with Crippen molar-refractivity contribution in [2.75, 3.05) is 52.4 Å². The van der Waals surface area contributed by atoms with Gasteiger partial charge < -0.3 is 15.0 Å². The predicted octanol–water partition coefficient (Wildman–Crippen LogP) is -0.0607. The molecule has 6 nitrogen and oxygen atoms in total. The minimum atomic E-state index is -0.332. The van der Waals surface area contributed by atoms with Gasteiger partial charge in [-0.25, -0.2) is 0 Å². The Hall–Kier alpha value is -1.14. The summed E-state index contributed by atoms with van der Waals surface area (Å²) in [6.45, 7) is 10.8. The van der Waals surface area contributed by atoms with Gasteiger partial charge in [0, 0.05) is 32.7 Å². The molecule has 1 fully saturated rings. The first-order valence-electron chi connectivity index (χ1n) is 7.39. The Bertz CT molecular complexity index is 315. The number of hydrogen-bond acceptors (Lipinski definition) is 5. The highest BCUT2D eigenvalue weighted by Gasteiger charge is 2.22. The summed E-state index contributed by atoms with van der Waals surface area (Å²) >= 11 is 0. The summed E-state index contributed by atoms with van der Waals surface area (Å²) < 4.78 is 4.94. The number of ether oxygens (including phenoxy) is 1. The van der Waals surface area contributed by atoms with Gasteiger partial charge in [0.15, 0.2) is 0 Å². The lowest BCUT2D eigenvalue weighted by Crippen LogP contribution is -2.49. The standard InChI is InChI=1S/C14H27N3O3/c1-4-20-14(19)11-17(9-12(2)3)13(18)10-16-7-5-15-6-8-16/h12,15H,4-11H2,1-3H3. The molecule has 0 unspecified atom stereocenters. The summed E-state index contributed by atoms with van der Waals surface area (Å²) in [4.78, 5) is 27.7. The zero-order chi connectivity index (χ0) is 15.0. The molecule has 1 aliphatic heterocycles. The van der Waals surface area contributed by atoms with E-state index in [4.69, 9.17) is 4.74 Å². The van der Waals surface area contributed by atoms with E-state index in [-0.39, 0.29) is 18.4 Å². The number of nitrogens with one attached hydrogen (secondary N) is 1. The fourth-order valence-corrected chi connectivity index (χ4v) is 2.22. The third kappa shape index (κ3) is 6.34. The van der Waals surface area contributed by atoms with Crippen molar-refractivity contribution in [3.8, 4) is 0 Å². The van der Waals surface area contributed by atoms with Gasteiger partial charge >= 0.3 is 5.97 Å². The molecule has 1 N–H and O–H groups in total. The fourth-order valence-electron chi connectivity index (χ4n) is 2.22. The molecule has 1 rings (SSSR count). The summed E-state index contributed by atoms with van der Waals surface area (Å²) in [6, 6.07) is 0. The van der Waals surface area contributed by atoms with Gasteiger partial charge in [0.25, 0.3) is 0 Å². The molecule has 1 aliphatic rings. The predicted molar refractivity (Wildman–Crippen MR) is 77.4 cm³/mol. The third-order valence-corrected chi connectivity index (χ3v) is 3.13. The molecule has 1 heterocycles. The molecule has 0 aromatic heterocycles. The summed E-state index contributed by atoms with van der Waals surface area (Å²) in [5.74, 6) is 0.00635. The van der Waals surface area contributed by atoms with Crippen molar-refractivity contribution < 1.29 is 14.3 Å². The van der Waals surface area contributed by atoms with E-state index in [1.165, 1.54) is 0 Å². The van der Waals surface area contributed by atoms with Crippen LogP contribution >= 0.6 is 0 Å². The second kappa shape index (κ2) is 8.92. The minimum Gasteiger partial charge on any atom is -0.465 e. The quantitative estimate of drug-likeness (QED) is 0.664. The van der Waals surface area contributed by atoms with Crippen LogP contribution in [0.15, 0.2) is 0 Å². The molecule has 6 heteroatoms. The lowest BCUT2D eigenvalue weighted by atomic mass is 10.2. The molecule has 0 saturated carbocycles. The lowest BCUT2D eigenvalue weighted by molar-refractivity contribution is -0.149. The van der Waals surface area contributed by atoms with Crippen LogP contribution in [0.3, 0.4) is 0 Å². The Labute approximate surface area is 121 Å². The van der Waals surface area contributed by atoms with Crippen molar-refractivity contribution in [1.29, 1.82) is 0 Å². The molecule has 0 bridgehead atoms. The number of nitrogens with zero attached hydrogens (tertiary/aromatic N) is 2. The molecule has 116 valence electrons. The highest BCUT2D eigenvalue weighted by molar-refractivity contribution is 5.83. The number of rotatable bonds is 7. The Morgan fingerprint density at radius 2 is 1.95 bits per heavy atom. The van der Waals surface area contributed by atoms with Crippen molar-refractivity contribution in [3.05, 3.63) is 0 Å². The second-order valence-corrected chi connectivity index (χ2v) is 5.50. The summed E-state index contributed by atoms with van der Waals surface area (Å²) in [5, 5.41) is 3.26. The van der Waals surface area contributed by atoms with Crippen molar-refractivity contribution in [2.45, 2.75) is 20.8 Å². The molecular weight excluding hydrogens is 258 g/mol. The Morgan fingerprint density at radius 3 is 2.50 bits per heavy atom. The van der Waals surface area contributed by atoms with Crippen LogP contribution in [0.2, 0.25) is 0 Å². The maximum absolute atomic E-state index is 12.3. The molecule has 0 radical (unpaired) electrons. The van der Waals surface area contributed by atoms with Crippen LogP contribution in [-0.2, 0) is 14.3 Å². The van der Waals surface area contributed by atoms with Gasteiger partial charge in [-0.1, -0.05) is 13.8 Å². The number of amides is 1. The monoisotopic (exact) mass is 285 g/mol. The molecule has 0 spiro atoms. The SMILES string of the molecule is CCOC(=O)CN(CC(C)C)C(=O)CN1CCNCC1. The molecule has 20 heavy (non-hydrogen) atoms. The Kier molecular flexibility index (Phi) is 7.54. The van der Waals surface area contributed by atoms with E-state index in [1.807, 2.05) is 13.8 Å². The van der Waals surface area contributed by atoms with Crippen molar-refractivity contribution >= 4 is 11.9 Å². The van der Waals surface area contributed by atoms with Crippen LogP contribution in [0.4, 0.5) is 0 Å². The van der Waals surface area contributed by atoms with Crippen molar-refractivity contribution in [2.24, 2.45) is 5.92 Å². The first-order valence-corrected chi connectivity index (χ1v) is 7.39. The first kappa shape index (κ1) is 16.9. The van der Waals surface area contributed by atoms with E-state index in [0.29, 0.717) is 25.6 Å². The Balaban J connectivity index is 2.51. The van der Waals surface area contributed by atoms with Crippen LogP contribution in [0.5, 0.6) is 0 Å². The highest BCUT2D eigenvalue weighted by Crippen LogP contribution is 2.02. The van der Waals surface area contributed by atoms with Crippen LogP contribution in [0, 0.1) is 5.92 Å². The van der Waals surface area contributed by atoms with Gasteiger partial charge in [0.2, 0.25) is 5.91 Å². The summed E-state index contributed by atoms with van der Waals surface area (Å²) in [7, 11) is 0. The molecule has 0 aromatic rings. The van der Waals surface area contributed by atoms with Crippen molar-refractivity contribution in [1.82, 2.24) is 15.1 Å². The molecule has 1 saturated heterocycles. The molecule has 0 aliphatic carbocycles. The lowest BCUT2D eigenvalue weighted by Gasteiger charge is -2.30. The fraction of sp³-hybridized carbons (Fsp3) is 0.857. The van der Waals surface area contributed by atoms with Gasteiger partial charge in [-0.05, 0) is 12.8 Å². The van der Waals surface area contributed by atoms with Gasteiger partial charge in [-0.2, -0.15) is 0 Å². The molecule has 0 aromatic carbocycles. The van der Waals surface area contributed by atoms with Gasteiger partial charge in [0.05, 0.1) is 13.2 Å². The molecule has 0 atom stereocenters. The first-order chi connectivity index (χ1) is 9.52. The second-order valence-electron chi connectivity index (χ2n) is 5.50. The number of esters is 1. The van der Waals surface area contributed by atoms with Crippen LogP contribution in [-0.4, -0.2) is 74.1 Å². The largest absolute Gasteiger partial charge is 0.465 e. The molecule has 1 amide bonds. The minimum absolute atomic E-state index is 0.00801. The molecular formula is C14H27N3O3. The zero-order valence-electron chi connectivity index (χ0n) is 12.9. The smallest absolute Gasteiger partial charge is 0.325 e. The summed E-state index contributed by atoms with van der Waals surface area (Å²) in [5.41, 5.74) is 0. The van der Waals surface area contributed by atoms with Crippen LogP contribution in [0.25, 0.3) is 0 Å². The van der Waals surface area contributed by atoms with E-state index in [2.05, 4.69) is 10.2 Å². The van der Waals surface area contributed by atoms with Gasteiger partial charge in [-0.15, -0.1) is 0 Å². The van der Waals surface area contributed by atoms with Gasteiger partial charge in [0.1, 0.15) is 6.54 Å². The number of hydrogen-bond donors (Lipinski definition) is 1. The average molecular weight is 285 g/mol. The summed E-state index contributed by atoms with van der Waals surface area (Å²) in [6.07, 6.45) is 0. The highest BCUT2D eigenvalue weighted by atomic mass is 16.5. The maximum atomic E-state index is 12.3. The van der Waals surface area contributed by atoms with Crippen molar-refractivity contribution in [3.63, 3.8) is 0 Å². The van der Waals surface area contributed by atoms with Crippen LogP contribution in [0.1, 0.15) is 20.8 Å².